The molecule has 2 aromatic carbocycles. The van der Waals surface area contributed by atoms with Crippen molar-refractivity contribution < 1.29 is 0 Å². The summed E-state index contributed by atoms with van der Waals surface area (Å²) in [6.45, 7) is 7.21. The van der Waals surface area contributed by atoms with Crippen LogP contribution in [0.2, 0.25) is 5.02 Å². The van der Waals surface area contributed by atoms with E-state index in [0.29, 0.717) is 40.0 Å². The number of hydrogen-bond donors (Lipinski definition) is 2. The molecule has 0 atom stereocenters. The SMILES string of the molecule is CCN(Cc1nc2cc(Cl)ccc2c(=O)[nH]1)C(=S)Nc1ccc(C)c(C)c1. The van der Waals surface area contributed by atoms with E-state index in [2.05, 4.69) is 41.3 Å². The molecule has 2 N–H and O–H groups in total. The molecular formula is C20H21ClN4OS. The van der Waals surface area contributed by atoms with Gasteiger partial charge >= 0.3 is 0 Å². The molecule has 5 nitrogen and oxygen atoms in total. The van der Waals surface area contributed by atoms with E-state index in [1.807, 2.05) is 17.9 Å². The molecule has 7 heteroatoms. The van der Waals surface area contributed by atoms with Crippen LogP contribution in [0.25, 0.3) is 10.9 Å². The van der Waals surface area contributed by atoms with Crippen LogP contribution in [-0.4, -0.2) is 26.5 Å². The second kappa shape index (κ2) is 8.06. The molecule has 140 valence electrons. The zero-order valence-corrected chi connectivity index (χ0v) is 17.0. The molecule has 3 aromatic rings. The molecule has 0 aliphatic rings. The number of hydrogen-bond acceptors (Lipinski definition) is 3. The number of anilines is 1. The van der Waals surface area contributed by atoms with Crippen LogP contribution < -0.4 is 10.9 Å². The molecule has 0 unspecified atom stereocenters. The van der Waals surface area contributed by atoms with Crippen LogP contribution in [0.15, 0.2) is 41.2 Å². The van der Waals surface area contributed by atoms with E-state index in [9.17, 15) is 4.79 Å². The minimum Gasteiger partial charge on any atom is -0.342 e. The van der Waals surface area contributed by atoms with Crippen LogP contribution in [-0.2, 0) is 6.54 Å². The Bertz CT molecular complexity index is 1060. The Morgan fingerprint density at radius 3 is 2.70 bits per heavy atom. The highest BCUT2D eigenvalue weighted by Crippen LogP contribution is 2.17. The number of rotatable bonds is 4. The monoisotopic (exact) mass is 400 g/mol. The van der Waals surface area contributed by atoms with E-state index in [1.165, 1.54) is 11.1 Å². The minimum absolute atomic E-state index is 0.184. The number of aromatic amines is 1. The Morgan fingerprint density at radius 1 is 1.22 bits per heavy atom. The second-order valence-electron chi connectivity index (χ2n) is 6.42. The third kappa shape index (κ3) is 4.46. The highest BCUT2D eigenvalue weighted by atomic mass is 35.5. The summed E-state index contributed by atoms with van der Waals surface area (Å²) in [4.78, 5) is 21.6. The number of benzene rings is 2. The summed E-state index contributed by atoms with van der Waals surface area (Å²) in [5.74, 6) is 0.542. The molecule has 3 rings (SSSR count). The van der Waals surface area contributed by atoms with Gasteiger partial charge in [0, 0.05) is 17.3 Å². The first-order chi connectivity index (χ1) is 12.9. The van der Waals surface area contributed by atoms with Gasteiger partial charge in [-0.3, -0.25) is 4.79 Å². The van der Waals surface area contributed by atoms with Crippen molar-refractivity contribution in [1.82, 2.24) is 14.9 Å². The second-order valence-corrected chi connectivity index (χ2v) is 7.24. The number of nitrogens with one attached hydrogen (secondary N) is 2. The van der Waals surface area contributed by atoms with Crippen molar-refractivity contribution in [3.05, 3.63) is 68.7 Å². The van der Waals surface area contributed by atoms with Crippen molar-refractivity contribution in [3.8, 4) is 0 Å². The molecule has 1 heterocycles. The van der Waals surface area contributed by atoms with Crippen LogP contribution in [0.3, 0.4) is 0 Å². The van der Waals surface area contributed by atoms with Gasteiger partial charge in [-0.05, 0) is 74.4 Å². The van der Waals surface area contributed by atoms with Crippen molar-refractivity contribution in [2.75, 3.05) is 11.9 Å². The summed E-state index contributed by atoms with van der Waals surface area (Å²) in [6, 6.07) is 11.2. The Balaban J connectivity index is 1.81. The zero-order chi connectivity index (χ0) is 19.6. The van der Waals surface area contributed by atoms with Crippen molar-refractivity contribution in [3.63, 3.8) is 0 Å². The third-order valence-corrected chi connectivity index (χ3v) is 5.08. The first-order valence-corrected chi connectivity index (χ1v) is 9.47. The number of H-pyrrole nitrogens is 1. The molecule has 0 saturated heterocycles. The van der Waals surface area contributed by atoms with Crippen molar-refractivity contribution in [2.45, 2.75) is 27.3 Å². The molecular weight excluding hydrogens is 380 g/mol. The quantitative estimate of drug-likeness (QED) is 0.635. The summed E-state index contributed by atoms with van der Waals surface area (Å²) in [7, 11) is 0. The molecule has 0 aliphatic carbocycles. The Hall–Kier alpha value is -2.44. The molecule has 0 amide bonds. The van der Waals surface area contributed by atoms with Crippen LogP contribution in [0.5, 0.6) is 0 Å². The number of nitrogens with zero attached hydrogens (tertiary/aromatic N) is 2. The predicted octanol–water partition coefficient (Wildman–Crippen LogP) is 4.41. The topological polar surface area (TPSA) is 61.0 Å². The summed E-state index contributed by atoms with van der Waals surface area (Å²) in [6.07, 6.45) is 0. The minimum atomic E-state index is -0.184. The van der Waals surface area contributed by atoms with Gasteiger partial charge in [0.05, 0.1) is 17.4 Å². The fourth-order valence-corrected chi connectivity index (χ4v) is 3.24. The van der Waals surface area contributed by atoms with E-state index in [0.717, 1.165) is 5.69 Å². The maximum atomic E-state index is 12.3. The molecule has 0 saturated carbocycles. The van der Waals surface area contributed by atoms with Crippen LogP contribution >= 0.6 is 23.8 Å². The standard InChI is InChI=1S/C20H21ClN4OS/c1-4-25(20(27)22-15-7-5-12(2)13(3)9-15)11-18-23-17-10-14(21)6-8-16(17)19(26)24-18/h5-10H,4,11H2,1-3H3,(H,22,27)(H,23,24,26). The van der Waals surface area contributed by atoms with E-state index in [1.54, 1.807) is 18.2 Å². The molecule has 0 radical (unpaired) electrons. The maximum absolute atomic E-state index is 12.3. The lowest BCUT2D eigenvalue weighted by atomic mass is 10.1. The molecule has 0 aliphatic heterocycles. The van der Waals surface area contributed by atoms with Crippen LogP contribution in [0, 0.1) is 13.8 Å². The molecule has 0 fully saturated rings. The first kappa shape index (κ1) is 19.3. The normalized spacial score (nSPS) is 10.8. The Kier molecular flexibility index (Phi) is 5.77. The Morgan fingerprint density at radius 2 is 2.00 bits per heavy atom. The zero-order valence-electron chi connectivity index (χ0n) is 15.5. The van der Waals surface area contributed by atoms with Gasteiger partial charge in [-0.25, -0.2) is 4.98 Å². The van der Waals surface area contributed by atoms with Gasteiger partial charge < -0.3 is 15.2 Å². The molecule has 1 aromatic heterocycles. The van der Waals surface area contributed by atoms with Crippen molar-refractivity contribution >= 4 is 45.5 Å². The van der Waals surface area contributed by atoms with E-state index in [4.69, 9.17) is 23.8 Å². The molecule has 0 spiro atoms. The summed E-state index contributed by atoms with van der Waals surface area (Å²) >= 11 is 11.6. The van der Waals surface area contributed by atoms with Gasteiger partial charge in [0.1, 0.15) is 5.82 Å². The lowest BCUT2D eigenvalue weighted by molar-refractivity contribution is 0.429. The fraction of sp³-hybridized carbons (Fsp3) is 0.250. The van der Waals surface area contributed by atoms with Gasteiger partial charge in [0.2, 0.25) is 0 Å². The predicted molar refractivity (Wildman–Crippen MR) is 116 cm³/mol. The number of fused-ring (bicyclic) bond motifs is 1. The van der Waals surface area contributed by atoms with Crippen molar-refractivity contribution in [1.29, 1.82) is 0 Å². The van der Waals surface area contributed by atoms with Crippen molar-refractivity contribution in [2.24, 2.45) is 0 Å². The van der Waals surface area contributed by atoms with Gasteiger partial charge in [-0.15, -0.1) is 0 Å². The molecule has 27 heavy (non-hydrogen) atoms. The van der Waals surface area contributed by atoms with Crippen LogP contribution in [0.1, 0.15) is 23.9 Å². The van der Waals surface area contributed by atoms with Gasteiger partial charge in [-0.1, -0.05) is 17.7 Å². The van der Waals surface area contributed by atoms with Gasteiger partial charge in [0.15, 0.2) is 5.11 Å². The fourth-order valence-electron chi connectivity index (χ4n) is 2.77. The average molecular weight is 401 g/mol. The van der Waals surface area contributed by atoms with E-state index >= 15 is 0 Å². The number of halogens is 1. The van der Waals surface area contributed by atoms with Gasteiger partial charge in [0.25, 0.3) is 5.56 Å². The number of aromatic nitrogens is 2. The lowest BCUT2D eigenvalue weighted by Crippen LogP contribution is -2.35. The highest BCUT2D eigenvalue weighted by Gasteiger charge is 2.12. The largest absolute Gasteiger partial charge is 0.342 e. The summed E-state index contributed by atoms with van der Waals surface area (Å²) < 4.78 is 0. The lowest BCUT2D eigenvalue weighted by Gasteiger charge is -2.24. The van der Waals surface area contributed by atoms with E-state index < -0.39 is 0 Å². The smallest absolute Gasteiger partial charge is 0.258 e. The highest BCUT2D eigenvalue weighted by molar-refractivity contribution is 7.80. The number of aryl methyl sites for hydroxylation is 2. The van der Waals surface area contributed by atoms with Crippen LogP contribution in [0.4, 0.5) is 5.69 Å². The summed E-state index contributed by atoms with van der Waals surface area (Å²) in [5.41, 5.74) is 3.76. The van der Waals surface area contributed by atoms with Gasteiger partial charge in [-0.2, -0.15) is 0 Å². The maximum Gasteiger partial charge on any atom is 0.258 e. The Labute approximate surface area is 168 Å². The first-order valence-electron chi connectivity index (χ1n) is 8.69. The summed E-state index contributed by atoms with van der Waals surface area (Å²) in [5, 5.41) is 4.90. The molecule has 0 bridgehead atoms. The third-order valence-electron chi connectivity index (χ3n) is 4.49. The van der Waals surface area contributed by atoms with E-state index in [-0.39, 0.29) is 5.56 Å². The average Bonchev–Trinajstić information content (AvgIpc) is 2.62. The number of thiocarbonyl (C=S) groups is 1.